The number of rotatable bonds is 4. The summed E-state index contributed by atoms with van der Waals surface area (Å²) in [6, 6.07) is 11.6. The minimum absolute atomic E-state index is 0.0842. The first-order valence-corrected chi connectivity index (χ1v) is 7.78. The van der Waals surface area contributed by atoms with Crippen molar-refractivity contribution in [3.05, 3.63) is 59.5 Å². The van der Waals surface area contributed by atoms with Crippen molar-refractivity contribution in [2.75, 3.05) is 5.88 Å². The molecule has 1 atom stereocenters. The second-order valence-electron chi connectivity index (χ2n) is 5.33. The lowest BCUT2D eigenvalue weighted by molar-refractivity contribution is -0.132. The Bertz CT molecular complexity index is 694. The number of furan rings is 1. The summed E-state index contributed by atoms with van der Waals surface area (Å²) < 4.78 is 5.48. The molecular weight excluding hydrogens is 300 g/mol. The van der Waals surface area contributed by atoms with Crippen LogP contribution in [0.5, 0.6) is 0 Å². The Balaban J connectivity index is 1.93. The van der Waals surface area contributed by atoms with E-state index in [9.17, 15) is 4.79 Å². The average molecular weight is 317 g/mol. The average Bonchev–Trinajstić information content (AvgIpc) is 3.17. The summed E-state index contributed by atoms with van der Waals surface area (Å²) in [5.74, 6) is 0.948. The minimum Gasteiger partial charge on any atom is -0.467 e. The number of carbonyl (C=O) groups is 1. The Morgan fingerprint density at radius 1 is 1.41 bits per heavy atom. The highest BCUT2D eigenvalue weighted by molar-refractivity contribution is 6.19. The van der Waals surface area contributed by atoms with Crippen LogP contribution in [0.4, 0.5) is 0 Å². The summed E-state index contributed by atoms with van der Waals surface area (Å²) in [6.45, 7) is 2.04. The summed E-state index contributed by atoms with van der Waals surface area (Å²) in [4.78, 5) is 12.3. The second kappa shape index (κ2) is 6.36. The van der Waals surface area contributed by atoms with Crippen LogP contribution in [0, 0.1) is 6.92 Å². The molecule has 0 unspecified atom stereocenters. The second-order valence-corrected chi connectivity index (χ2v) is 5.71. The summed E-state index contributed by atoms with van der Waals surface area (Å²) in [6.07, 6.45) is 2.53. The molecule has 0 bridgehead atoms. The number of alkyl halides is 1. The number of benzene rings is 1. The van der Waals surface area contributed by atoms with Gasteiger partial charge in [0.25, 0.3) is 0 Å². The van der Waals surface area contributed by atoms with Crippen molar-refractivity contribution in [2.24, 2.45) is 5.10 Å². The Kier molecular flexibility index (Phi) is 4.29. The zero-order valence-electron chi connectivity index (χ0n) is 12.3. The van der Waals surface area contributed by atoms with Crippen LogP contribution >= 0.6 is 11.6 Å². The molecule has 22 heavy (non-hydrogen) atoms. The van der Waals surface area contributed by atoms with Crippen molar-refractivity contribution in [2.45, 2.75) is 25.8 Å². The van der Waals surface area contributed by atoms with Gasteiger partial charge in [0.2, 0.25) is 5.91 Å². The lowest BCUT2D eigenvalue weighted by Gasteiger charge is -2.19. The molecule has 4 nitrogen and oxygen atoms in total. The Labute approximate surface area is 134 Å². The van der Waals surface area contributed by atoms with E-state index >= 15 is 0 Å². The zero-order chi connectivity index (χ0) is 15.5. The van der Waals surface area contributed by atoms with Crippen LogP contribution in [0.1, 0.15) is 35.8 Å². The van der Waals surface area contributed by atoms with E-state index in [2.05, 4.69) is 11.2 Å². The van der Waals surface area contributed by atoms with E-state index in [4.69, 9.17) is 16.0 Å². The predicted molar refractivity (Wildman–Crippen MR) is 86.0 cm³/mol. The van der Waals surface area contributed by atoms with Crippen LogP contribution in [0.25, 0.3) is 0 Å². The van der Waals surface area contributed by atoms with Crippen LogP contribution in [-0.4, -0.2) is 22.5 Å². The molecule has 0 radical (unpaired) electrons. The van der Waals surface area contributed by atoms with Gasteiger partial charge in [-0.05, 0) is 24.6 Å². The van der Waals surface area contributed by atoms with Crippen molar-refractivity contribution in [1.82, 2.24) is 5.01 Å². The molecule has 1 amide bonds. The summed E-state index contributed by atoms with van der Waals surface area (Å²) in [7, 11) is 0. The van der Waals surface area contributed by atoms with Gasteiger partial charge in [0.1, 0.15) is 11.8 Å². The van der Waals surface area contributed by atoms with Gasteiger partial charge in [-0.2, -0.15) is 5.10 Å². The molecule has 1 aromatic heterocycles. The van der Waals surface area contributed by atoms with E-state index in [1.807, 2.05) is 37.3 Å². The molecule has 1 aliphatic heterocycles. The fourth-order valence-electron chi connectivity index (χ4n) is 2.64. The normalized spacial score (nSPS) is 17.6. The molecular formula is C17H17ClN2O2. The highest BCUT2D eigenvalue weighted by Gasteiger charge is 2.34. The molecule has 2 heterocycles. The van der Waals surface area contributed by atoms with Crippen molar-refractivity contribution in [1.29, 1.82) is 0 Å². The van der Waals surface area contributed by atoms with Gasteiger partial charge in [0, 0.05) is 18.7 Å². The standard InChI is InChI=1S/C17H17ClN2O2/c1-12-4-2-5-13(10-12)14-11-15(16-6-3-9-22-16)20(19-14)17(21)7-8-18/h2-6,9-10,15H,7-8,11H2,1H3/t15-/m1/s1. The maximum atomic E-state index is 12.3. The van der Waals surface area contributed by atoms with E-state index in [0.717, 1.165) is 17.0 Å². The van der Waals surface area contributed by atoms with E-state index in [-0.39, 0.29) is 24.2 Å². The zero-order valence-corrected chi connectivity index (χ0v) is 13.1. The number of nitrogens with zero attached hydrogens (tertiary/aromatic N) is 2. The summed E-state index contributed by atoms with van der Waals surface area (Å²) >= 11 is 5.70. The Morgan fingerprint density at radius 2 is 2.27 bits per heavy atom. The van der Waals surface area contributed by atoms with Crippen molar-refractivity contribution in [3.63, 3.8) is 0 Å². The topological polar surface area (TPSA) is 45.8 Å². The number of carbonyl (C=O) groups excluding carboxylic acids is 1. The molecule has 2 aromatic rings. The van der Waals surface area contributed by atoms with Crippen LogP contribution in [0.3, 0.4) is 0 Å². The molecule has 0 N–H and O–H groups in total. The highest BCUT2D eigenvalue weighted by atomic mass is 35.5. The fourth-order valence-corrected chi connectivity index (χ4v) is 2.80. The fraction of sp³-hybridized carbons (Fsp3) is 0.294. The van der Waals surface area contributed by atoms with Crippen molar-refractivity contribution >= 4 is 23.2 Å². The third kappa shape index (κ3) is 2.92. The van der Waals surface area contributed by atoms with Gasteiger partial charge in [-0.25, -0.2) is 5.01 Å². The van der Waals surface area contributed by atoms with E-state index in [1.54, 1.807) is 6.26 Å². The number of halogens is 1. The molecule has 0 fully saturated rings. The number of hydrazone groups is 1. The van der Waals surface area contributed by atoms with Gasteiger partial charge in [-0.15, -0.1) is 11.6 Å². The van der Waals surface area contributed by atoms with Gasteiger partial charge in [0.05, 0.1) is 12.0 Å². The smallest absolute Gasteiger partial charge is 0.244 e. The van der Waals surface area contributed by atoms with Crippen LogP contribution in [0.2, 0.25) is 0 Å². The Morgan fingerprint density at radius 3 is 2.95 bits per heavy atom. The van der Waals surface area contributed by atoms with Crippen molar-refractivity contribution < 1.29 is 9.21 Å². The molecule has 5 heteroatoms. The number of amides is 1. The third-order valence-electron chi connectivity index (χ3n) is 3.70. The SMILES string of the molecule is Cc1cccc(C2=NN(C(=O)CCCl)[C@@H](c3ccco3)C2)c1. The maximum Gasteiger partial charge on any atom is 0.244 e. The molecule has 0 aliphatic carbocycles. The minimum atomic E-state index is -0.193. The highest BCUT2D eigenvalue weighted by Crippen LogP contribution is 2.33. The van der Waals surface area contributed by atoms with Gasteiger partial charge >= 0.3 is 0 Å². The van der Waals surface area contributed by atoms with Gasteiger partial charge in [0.15, 0.2) is 0 Å². The number of hydrogen-bond donors (Lipinski definition) is 0. The Hall–Kier alpha value is -2.07. The number of aryl methyl sites for hydroxylation is 1. The van der Waals surface area contributed by atoms with Crippen LogP contribution in [0.15, 0.2) is 52.2 Å². The van der Waals surface area contributed by atoms with E-state index in [1.165, 1.54) is 10.6 Å². The van der Waals surface area contributed by atoms with E-state index < -0.39 is 0 Å². The van der Waals surface area contributed by atoms with Gasteiger partial charge < -0.3 is 4.42 Å². The van der Waals surface area contributed by atoms with Crippen LogP contribution in [-0.2, 0) is 4.79 Å². The molecule has 1 aliphatic rings. The van der Waals surface area contributed by atoms with Gasteiger partial charge in [-0.1, -0.05) is 29.8 Å². The molecule has 0 saturated carbocycles. The first kappa shape index (κ1) is 14.9. The van der Waals surface area contributed by atoms with E-state index in [0.29, 0.717) is 6.42 Å². The van der Waals surface area contributed by atoms with Gasteiger partial charge in [-0.3, -0.25) is 4.79 Å². The quantitative estimate of drug-likeness (QED) is 0.803. The van der Waals surface area contributed by atoms with Crippen LogP contribution < -0.4 is 0 Å². The first-order chi connectivity index (χ1) is 10.7. The largest absolute Gasteiger partial charge is 0.467 e. The number of hydrogen-bond acceptors (Lipinski definition) is 3. The molecule has 1 aromatic carbocycles. The summed E-state index contributed by atoms with van der Waals surface area (Å²) in [5, 5.41) is 6.05. The maximum absolute atomic E-state index is 12.3. The van der Waals surface area contributed by atoms with Crippen molar-refractivity contribution in [3.8, 4) is 0 Å². The first-order valence-electron chi connectivity index (χ1n) is 7.25. The molecule has 0 spiro atoms. The molecule has 114 valence electrons. The lowest BCUT2D eigenvalue weighted by atomic mass is 10.0. The third-order valence-corrected chi connectivity index (χ3v) is 3.89. The summed E-state index contributed by atoms with van der Waals surface area (Å²) in [5.41, 5.74) is 3.10. The molecule has 3 rings (SSSR count). The predicted octanol–water partition coefficient (Wildman–Crippen LogP) is 3.89. The molecule has 0 saturated heterocycles. The lowest BCUT2D eigenvalue weighted by Crippen LogP contribution is -2.26. The monoisotopic (exact) mass is 316 g/mol.